The zero-order chi connectivity index (χ0) is 28.9. The summed E-state index contributed by atoms with van der Waals surface area (Å²) in [4.78, 5) is 29.5. The molecule has 0 aliphatic carbocycles. The van der Waals surface area contributed by atoms with E-state index in [0.29, 0.717) is 29.2 Å². The summed E-state index contributed by atoms with van der Waals surface area (Å²) in [5.41, 5.74) is 1.25. The molecule has 0 spiro atoms. The van der Waals surface area contributed by atoms with Gasteiger partial charge < -0.3 is 10.4 Å². The maximum Gasteiger partial charge on any atom is 0.327 e. The minimum absolute atomic E-state index is 0.0705. The van der Waals surface area contributed by atoms with E-state index in [1.807, 2.05) is 13.0 Å². The summed E-state index contributed by atoms with van der Waals surface area (Å²) >= 11 is 12.3. The van der Waals surface area contributed by atoms with Crippen LogP contribution >= 0.6 is 23.2 Å². The molecule has 11 heteroatoms. The van der Waals surface area contributed by atoms with Crippen molar-refractivity contribution >= 4 is 61.6 Å². The number of pyridine rings is 1. The number of carboxylic acid groups (broad SMARTS) is 1. The van der Waals surface area contributed by atoms with E-state index < -0.39 is 22.0 Å². The zero-order valence-electron chi connectivity index (χ0n) is 21.6. The first kappa shape index (κ1) is 29.3. The van der Waals surface area contributed by atoms with E-state index in [-0.39, 0.29) is 39.5 Å². The molecule has 0 saturated carbocycles. The highest BCUT2D eigenvalue weighted by Crippen LogP contribution is 2.36. The molecule has 1 unspecified atom stereocenters. The molecule has 2 N–H and O–H groups in total. The van der Waals surface area contributed by atoms with Crippen molar-refractivity contribution in [2.45, 2.75) is 43.7 Å². The van der Waals surface area contributed by atoms with E-state index in [1.165, 1.54) is 24.3 Å². The molecule has 8 nitrogen and oxygen atoms in total. The molecule has 3 aromatic carbocycles. The Bertz CT molecular complexity index is 1630. The lowest BCUT2D eigenvalue weighted by molar-refractivity contribution is -0.138. The number of rotatable bonds is 11. The van der Waals surface area contributed by atoms with Crippen molar-refractivity contribution in [3.63, 3.8) is 0 Å². The van der Waals surface area contributed by atoms with Gasteiger partial charge in [0.1, 0.15) is 6.04 Å². The average Bonchev–Trinajstić information content (AvgIpc) is 2.93. The van der Waals surface area contributed by atoms with Crippen molar-refractivity contribution in [3.05, 3.63) is 100 Å². The number of carbonyl (C=O) groups excluding carboxylic acids is 1. The van der Waals surface area contributed by atoms with Gasteiger partial charge in [-0.2, -0.15) is 0 Å². The Morgan fingerprint density at radius 1 is 1.00 bits per heavy atom. The van der Waals surface area contributed by atoms with Crippen LogP contribution in [-0.4, -0.2) is 36.4 Å². The number of hydrogen-bond donors (Lipinski definition) is 2. The van der Waals surface area contributed by atoms with Gasteiger partial charge in [0.15, 0.2) is 0 Å². The quantitative estimate of drug-likeness (QED) is 0.208. The predicted octanol–water partition coefficient (Wildman–Crippen LogP) is 6.31. The molecule has 0 aliphatic rings. The molecular formula is C29H27Cl2N3O5S. The Hall–Kier alpha value is -3.66. The van der Waals surface area contributed by atoms with Gasteiger partial charge in [0.25, 0.3) is 15.9 Å². The molecule has 1 heterocycles. The first-order valence-electron chi connectivity index (χ1n) is 12.6. The molecule has 208 valence electrons. The van der Waals surface area contributed by atoms with Crippen LogP contribution in [0.15, 0.2) is 84.0 Å². The largest absolute Gasteiger partial charge is 0.480 e. The summed E-state index contributed by atoms with van der Waals surface area (Å²) in [5, 5.41) is 14.1. The third-order valence-electron chi connectivity index (χ3n) is 6.35. The van der Waals surface area contributed by atoms with Crippen LogP contribution in [0.2, 0.25) is 10.0 Å². The van der Waals surface area contributed by atoms with Crippen LogP contribution in [0.25, 0.3) is 10.8 Å². The molecule has 0 fully saturated rings. The van der Waals surface area contributed by atoms with Crippen molar-refractivity contribution in [1.29, 1.82) is 0 Å². The van der Waals surface area contributed by atoms with Crippen LogP contribution in [0.5, 0.6) is 0 Å². The van der Waals surface area contributed by atoms with Crippen molar-refractivity contribution in [2.24, 2.45) is 0 Å². The highest BCUT2D eigenvalue weighted by Gasteiger charge is 2.37. The maximum atomic E-state index is 14.1. The Morgan fingerprint density at radius 2 is 1.70 bits per heavy atom. The number of hydrogen-bond acceptors (Lipinski definition) is 5. The van der Waals surface area contributed by atoms with E-state index in [9.17, 15) is 23.1 Å². The lowest BCUT2D eigenvalue weighted by Crippen LogP contribution is -2.45. The fraction of sp³-hybridized carbons (Fsp3) is 0.207. The molecule has 1 amide bonds. The second-order valence-corrected chi connectivity index (χ2v) is 11.8. The predicted molar refractivity (Wildman–Crippen MR) is 156 cm³/mol. The van der Waals surface area contributed by atoms with Crippen LogP contribution < -0.4 is 9.62 Å². The summed E-state index contributed by atoms with van der Waals surface area (Å²) in [6.07, 6.45) is 4.50. The van der Waals surface area contributed by atoms with E-state index in [4.69, 9.17) is 23.2 Å². The molecule has 0 bridgehead atoms. The monoisotopic (exact) mass is 599 g/mol. The summed E-state index contributed by atoms with van der Waals surface area (Å²) in [7, 11) is -4.47. The number of anilines is 1. The van der Waals surface area contributed by atoms with Gasteiger partial charge in [-0.15, -0.1) is 0 Å². The molecule has 1 atom stereocenters. The fourth-order valence-corrected chi connectivity index (χ4v) is 6.84. The van der Waals surface area contributed by atoms with Crippen molar-refractivity contribution in [3.8, 4) is 0 Å². The third-order valence-corrected chi connectivity index (χ3v) is 8.59. The van der Waals surface area contributed by atoms with Crippen molar-refractivity contribution in [2.75, 3.05) is 4.31 Å². The van der Waals surface area contributed by atoms with E-state index in [0.717, 1.165) is 9.87 Å². The number of carboxylic acids is 1. The van der Waals surface area contributed by atoms with Gasteiger partial charge in [-0.3, -0.25) is 14.1 Å². The van der Waals surface area contributed by atoms with Crippen LogP contribution in [0, 0.1) is 0 Å². The van der Waals surface area contributed by atoms with E-state index >= 15 is 0 Å². The summed E-state index contributed by atoms with van der Waals surface area (Å²) in [5.74, 6) is -1.67. The average molecular weight is 601 g/mol. The molecule has 0 aliphatic heterocycles. The van der Waals surface area contributed by atoms with Crippen LogP contribution in [0.4, 0.5) is 5.69 Å². The second-order valence-electron chi connectivity index (χ2n) is 9.12. The lowest BCUT2D eigenvalue weighted by Gasteiger charge is -2.31. The van der Waals surface area contributed by atoms with Gasteiger partial charge in [-0.05, 0) is 53.8 Å². The minimum atomic E-state index is -4.47. The highest BCUT2D eigenvalue weighted by atomic mass is 35.5. The lowest BCUT2D eigenvalue weighted by atomic mass is 10.0. The summed E-state index contributed by atoms with van der Waals surface area (Å²) in [6, 6.07) is 15.8. The first-order valence-corrected chi connectivity index (χ1v) is 14.7. The topological polar surface area (TPSA) is 117 Å². The maximum absolute atomic E-state index is 14.1. The number of amides is 1. The Labute approximate surface area is 242 Å². The number of carbonyl (C=O) groups is 2. The van der Waals surface area contributed by atoms with Gasteiger partial charge in [-0.1, -0.05) is 73.3 Å². The van der Waals surface area contributed by atoms with Gasteiger partial charge >= 0.3 is 5.97 Å². The fourth-order valence-electron chi connectivity index (χ4n) is 4.46. The number of aromatic nitrogens is 1. The number of aliphatic carboxylic acids is 1. The van der Waals surface area contributed by atoms with Crippen LogP contribution in [0.1, 0.15) is 42.1 Å². The Morgan fingerprint density at radius 3 is 2.35 bits per heavy atom. The van der Waals surface area contributed by atoms with Crippen molar-refractivity contribution in [1.82, 2.24) is 10.3 Å². The second kappa shape index (κ2) is 12.7. The molecule has 0 saturated heterocycles. The van der Waals surface area contributed by atoms with E-state index in [2.05, 4.69) is 10.3 Å². The van der Waals surface area contributed by atoms with Crippen molar-refractivity contribution < 1.29 is 23.1 Å². The van der Waals surface area contributed by atoms with Crippen LogP contribution in [-0.2, 0) is 21.4 Å². The summed E-state index contributed by atoms with van der Waals surface area (Å²) in [6.45, 7) is 2.14. The van der Waals surface area contributed by atoms with E-state index in [1.54, 1.807) is 48.8 Å². The molecule has 0 radical (unpaired) electrons. The molecule has 4 rings (SSSR count). The number of unbranched alkanes of at least 4 members (excludes halogenated alkanes) is 1. The van der Waals surface area contributed by atoms with Gasteiger partial charge in [-0.25, -0.2) is 13.2 Å². The Balaban J connectivity index is 1.86. The highest BCUT2D eigenvalue weighted by molar-refractivity contribution is 7.93. The number of nitrogens with zero attached hydrogens (tertiary/aromatic N) is 2. The first-order chi connectivity index (χ1) is 19.1. The molecular weight excluding hydrogens is 573 g/mol. The molecule has 1 aromatic heterocycles. The zero-order valence-corrected chi connectivity index (χ0v) is 23.9. The molecule has 40 heavy (non-hydrogen) atoms. The normalized spacial score (nSPS) is 12.2. The number of sulfonamides is 1. The molecule has 4 aromatic rings. The summed E-state index contributed by atoms with van der Waals surface area (Å²) < 4.78 is 29.2. The minimum Gasteiger partial charge on any atom is -0.480 e. The Kier molecular flexibility index (Phi) is 9.29. The smallest absolute Gasteiger partial charge is 0.327 e. The number of fused-ring (bicyclic) bond motifs is 1. The van der Waals surface area contributed by atoms with Crippen LogP contribution in [0.3, 0.4) is 0 Å². The number of benzene rings is 3. The van der Waals surface area contributed by atoms with Gasteiger partial charge in [0.05, 0.1) is 10.6 Å². The number of nitrogens with one attached hydrogen (secondary N) is 1. The number of halogens is 2. The standard InChI is InChI=1S/C29H27Cl2N3O5S/c1-2-3-11-27(29(36)37)34(40(38,39)22-15-20(30)14-21(31)16-22)26-12-5-8-23-24(26)9-4-10-25(23)28(35)33-18-19-7-6-13-32-17-19/h4-10,12-17,27H,2-3,11,18H2,1H3,(H,33,35)(H,36,37). The van der Waals surface area contributed by atoms with Gasteiger partial charge in [0.2, 0.25) is 0 Å². The SMILES string of the molecule is CCCCC(C(=O)O)N(c1cccc2c(C(=O)NCc3cccnc3)cccc12)S(=O)(=O)c1cc(Cl)cc(Cl)c1. The van der Waals surface area contributed by atoms with Gasteiger partial charge in [0, 0.05) is 39.9 Å². The third kappa shape index (κ3) is 6.38.